The third-order valence-electron chi connectivity index (χ3n) is 5.55. The van der Waals surface area contributed by atoms with Crippen LogP contribution in [0.15, 0.2) is 22.6 Å². The van der Waals surface area contributed by atoms with Gasteiger partial charge >= 0.3 is 5.97 Å². The molecular formula is C22H24N2O6. The van der Waals surface area contributed by atoms with Gasteiger partial charge in [-0.2, -0.15) is 0 Å². The average molecular weight is 412 g/mol. The van der Waals surface area contributed by atoms with Crippen LogP contribution in [0.25, 0.3) is 0 Å². The first-order valence-electron chi connectivity index (χ1n) is 10.0. The molecule has 1 fully saturated rings. The number of rotatable bonds is 4. The van der Waals surface area contributed by atoms with Crippen molar-refractivity contribution in [2.24, 2.45) is 0 Å². The Balaban J connectivity index is 1.63. The van der Waals surface area contributed by atoms with Gasteiger partial charge in [0.15, 0.2) is 11.5 Å². The molecule has 0 unspecified atom stereocenters. The molecule has 4 rings (SSSR count). The summed E-state index contributed by atoms with van der Waals surface area (Å²) in [5, 5.41) is 2.75. The Morgan fingerprint density at radius 1 is 1.17 bits per heavy atom. The maximum Gasteiger partial charge on any atom is 0.340 e. The first-order chi connectivity index (χ1) is 14.5. The molecule has 30 heavy (non-hydrogen) atoms. The normalized spacial score (nSPS) is 16.2. The van der Waals surface area contributed by atoms with Gasteiger partial charge in [-0.25, -0.2) is 4.79 Å². The second-order valence-corrected chi connectivity index (χ2v) is 7.41. The summed E-state index contributed by atoms with van der Waals surface area (Å²) in [7, 11) is 1.30. The molecule has 1 aliphatic carbocycles. The molecule has 8 heteroatoms. The van der Waals surface area contributed by atoms with Crippen molar-refractivity contribution in [2.45, 2.75) is 26.2 Å². The monoisotopic (exact) mass is 412 g/mol. The highest BCUT2D eigenvalue weighted by Gasteiger charge is 2.29. The molecule has 8 nitrogen and oxygen atoms in total. The Bertz CT molecular complexity index is 1000. The van der Waals surface area contributed by atoms with Crippen LogP contribution < -0.4 is 10.2 Å². The number of carbonyl (C=O) groups is 3. The van der Waals surface area contributed by atoms with E-state index in [0.29, 0.717) is 48.6 Å². The van der Waals surface area contributed by atoms with E-state index in [1.807, 2.05) is 6.07 Å². The summed E-state index contributed by atoms with van der Waals surface area (Å²) >= 11 is 0. The van der Waals surface area contributed by atoms with Crippen LogP contribution in [-0.4, -0.2) is 51.1 Å². The maximum atomic E-state index is 12.9. The molecule has 0 atom stereocenters. The molecule has 0 radical (unpaired) electrons. The number of benzene rings is 1. The Hall–Kier alpha value is -3.13. The van der Waals surface area contributed by atoms with Gasteiger partial charge in [-0.15, -0.1) is 0 Å². The number of Topliss-reactive ketones (excluding diaryl/α,β-unsaturated/α-hetero) is 1. The van der Waals surface area contributed by atoms with Gasteiger partial charge < -0.3 is 24.1 Å². The van der Waals surface area contributed by atoms with Crippen molar-refractivity contribution in [3.63, 3.8) is 0 Å². The lowest BCUT2D eigenvalue weighted by molar-refractivity contribution is 0.0601. The summed E-state index contributed by atoms with van der Waals surface area (Å²) in [6, 6.07) is 5.23. The van der Waals surface area contributed by atoms with Gasteiger partial charge in [-0.05, 0) is 31.5 Å². The van der Waals surface area contributed by atoms with E-state index in [9.17, 15) is 14.4 Å². The molecule has 0 spiro atoms. The zero-order valence-corrected chi connectivity index (χ0v) is 17.1. The zero-order chi connectivity index (χ0) is 21.3. The predicted molar refractivity (Wildman–Crippen MR) is 109 cm³/mol. The number of anilines is 2. The van der Waals surface area contributed by atoms with Gasteiger partial charge in [0.2, 0.25) is 0 Å². The lowest BCUT2D eigenvalue weighted by atomic mass is 9.94. The molecule has 2 heterocycles. The van der Waals surface area contributed by atoms with Crippen LogP contribution in [0.5, 0.6) is 0 Å². The number of morpholine rings is 1. The summed E-state index contributed by atoms with van der Waals surface area (Å²) in [5.74, 6) is -0.389. The van der Waals surface area contributed by atoms with E-state index in [2.05, 4.69) is 10.2 Å². The van der Waals surface area contributed by atoms with Gasteiger partial charge in [-0.1, -0.05) is 0 Å². The minimum absolute atomic E-state index is 0.00154. The van der Waals surface area contributed by atoms with Crippen LogP contribution in [0.1, 0.15) is 55.4 Å². The highest BCUT2D eigenvalue weighted by molar-refractivity contribution is 6.10. The summed E-state index contributed by atoms with van der Waals surface area (Å²) in [4.78, 5) is 39.6. The van der Waals surface area contributed by atoms with Gasteiger partial charge in [0, 0.05) is 37.2 Å². The highest BCUT2D eigenvalue weighted by atomic mass is 16.5. The first kappa shape index (κ1) is 20.2. The van der Waals surface area contributed by atoms with E-state index >= 15 is 0 Å². The van der Waals surface area contributed by atoms with Crippen molar-refractivity contribution in [1.82, 2.24) is 0 Å². The molecule has 1 aromatic carbocycles. The number of nitrogens with one attached hydrogen (secondary N) is 1. The Kier molecular flexibility index (Phi) is 5.59. The van der Waals surface area contributed by atoms with Gasteiger partial charge in [0.1, 0.15) is 5.76 Å². The molecule has 2 aromatic rings. The number of hydrogen-bond donors (Lipinski definition) is 1. The molecule has 0 bridgehead atoms. The summed E-state index contributed by atoms with van der Waals surface area (Å²) < 4.78 is 16.0. The molecule has 158 valence electrons. The third kappa shape index (κ3) is 3.70. The van der Waals surface area contributed by atoms with Crippen molar-refractivity contribution in [2.75, 3.05) is 43.6 Å². The van der Waals surface area contributed by atoms with E-state index in [1.165, 1.54) is 7.11 Å². The van der Waals surface area contributed by atoms with E-state index < -0.39 is 11.9 Å². The number of nitrogens with zero attached hydrogens (tertiary/aromatic N) is 1. The smallest absolute Gasteiger partial charge is 0.340 e. The minimum atomic E-state index is -0.550. The van der Waals surface area contributed by atoms with Crippen molar-refractivity contribution in [3.8, 4) is 0 Å². The number of carbonyl (C=O) groups excluding carboxylic acids is 3. The second-order valence-electron chi connectivity index (χ2n) is 7.41. The van der Waals surface area contributed by atoms with Crippen molar-refractivity contribution in [1.29, 1.82) is 0 Å². The fourth-order valence-corrected chi connectivity index (χ4v) is 3.98. The van der Waals surface area contributed by atoms with Crippen molar-refractivity contribution in [3.05, 3.63) is 46.4 Å². The molecular weight excluding hydrogens is 388 g/mol. The van der Waals surface area contributed by atoms with Crippen LogP contribution in [-0.2, 0) is 15.9 Å². The number of hydrogen-bond acceptors (Lipinski definition) is 7. The number of esters is 1. The standard InChI is InChI=1S/C22H24N2O6/c1-13-19-17(25)4-3-5-18(19)30-20(13)21(26)23-16-7-6-14(12-15(16)22(27)28-2)24-8-10-29-11-9-24/h6-7,12H,3-5,8-11H2,1-2H3,(H,23,26). The number of furan rings is 1. The lowest BCUT2D eigenvalue weighted by Crippen LogP contribution is -2.36. The molecule has 1 aromatic heterocycles. The van der Waals surface area contributed by atoms with Crippen LogP contribution in [0.3, 0.4) is 0 Å². The Morgan fingerprint density at radius 3 is 2.63 bits per heavy atom. The molecule has 1 saturated heterocycles. The SMILES string of the molecule is COC(=O)c1cc(N2CCOCC2)ccc1NC(=O)c1oc2c(c1C)C(=O)CCC2. The zero-order valence-electron chi connectivity index (χ0n) is 17.1. The fraction of sp³-hybridized carbons (Fsp3) is 0.409. The quantitative estimate of drug-likeness (QED) is 0.771. The van der Waals surface area contributed by atoms with Crippen molar-refractivity contribution < 1.29 is 28.3 Å². The number of methoxy groups -OCH3 is 1. The number of amides is 1. The van der Waals surface area contributed by atoms with Gasteiger partial charge in [-0.3, -0.25) is 9.59 Å². The number of ether oxygens (including phenoxy) is 2. The number of aryl methyl sites for hydroxylation is 1. The molecule has 2 aliphatic rings. The maximum absolute atomic E-state index is 12.9. The Labute approximate surface area is 174 Å². The third-order valence-corrected chi connectivity index (χ3v) is 5.55. The minimum Gasteiger partial charge on any atom is -0.465 e. The summed E-state index contributed by atoms with van der Waals surface area (Å²) in [6.45, 7) is 4.39. The van der Waals surface area contributed by atoms with E-state index in [4.69, 9.17) is 13.9 Å². The van der Waals surface area contributed by atoms with Gasteiger partial charge in [0.05, 0.1) is 37.1 Å². The number of ketones is 1. The number of fused-ring (bicyclic) bond motifs is 1. The van der Waals surface area contributed by atoms with Crippen LogP contribution in [0.4, 0.5) is 11.4 Å². The molecule has 1 N–H and O–H groups in total. The highest BCUT2D eigenvalue weighted by Crippen LogP contribution is 2.31. The fourth-order valence-electron chi connectivity index (χ4n) is 3.98. The first-order valence-corrected chi connectivity index (χ1v) is 10.0. The summed E-state index contributed by atoms with van der Waals surface area (Å²) in [5.41, 5.74) is 2.48. The largest absolute Gasteiger partial charge is 0.465 e. The molecule has 0 saturated carbocycles. The van der Waals surface area contributed by atoms with Gasteiger partial charge in [0.25, 0.3) is 5.91 Å². The summed E-state index contributed by atoms with van der Waals surface area (Å²) in [6.07, 6.45) is 1.82. The van der Waals surface area contributed by atoms with Crippen LogP contribution in [0.2, 0.25) is 0 Å². The van der Waals surface area contributed by atoms with Crippen molar-refractivity contribution >= 4 is 29.0 Å². The van der Waals surface area contributed by atoms with E-state index in [1.54, 1.807) is 19.1 Å². The van der Waals surface area contributed by atoms with Crippen LogP contribution >= 0.6 is 0 Å². The lowest BCUT2D eigenvalue weighted by Gasteiger charge is -2.29. The van der Waals surface area contributed by atoms with Crippen LogP contribution in [0, 0.1) is 6.92 Å². The predicted octanol–water partition coefficient (Wildman–Crippen LogP) is 2.98. The topological polar surface area (TPSA) is 98.1 Å². The molecule has 1 aliphatic heterocycles. The molecule has 1 amide bonds. The Morgan fingerprint density at radius 2 is 1.93 bits per heavy atom. The average Bonchev–Trinajstić information content (AvgIpc) is 3.12. The second kappa shape index (κ2) is 8.31. The van der Waals surface area contributed by atoms with E-state index in [-0.39, 0.29) is 17.1 Å². The van der Waals surface area contributed by atoms with E-state index in [0.717, 1.165) is 25.2 Å².